The lowest BCUT2D eigenvalue weighted by molar-refractivity contribution is -0.223. The van der Waals surface area contributed by atoms with E-state index in [0.717, 1.165) is 25.0 Å². The van der Waals surface area contributed by atoms with Gasteiger partial charge in [-0.2, -0.15) is 8.78 Å². The molecule has 1 saturated carbocycles. The second kappa shape index (κ2) is 5.21. The summed E-state index contributed by atoms with van der Waals surface area (Å²) >= 11 is 0. The molecule has 1 aromatic rings. The molecule has 1 fully saturated rings. The number of rotatable bonds is 3. The van der Waals surface area contributed by atoms with Crippen molar-refractivity contribution in [1.29, 1.82) is 0 Å². The van der Waals surface area contributed by atoms with Crippen molar-refractivity contribution >= 4 is 0 Å². The van der Waals surface area contributed by atoms with Gasteiger partial charge in [0, 0.05) is 0 Å². The van der Waals surface area contributed by atoms with Crippen LogP contribution in [0.2, 0.25) is 0 Å². The van der Waals surface area contributed by atoms with Gasteiger partial charge in [0.1, 0.15) is 11.6 Å². The largest absolute Gasteiger partial charge is 0.432 e. The summed E-state index contributed by atoms with van der Waals surface area (Å²) in [7, 11) is 0. The third kappa shape index (κ3) is 3.18. The van der Waals surface area contributed by atoms with Gasteiger partial charge in [0.25, 0.3) is 0 Å². The second-order valence-electron chi connectivity index (χ2n) is 5.07. The Kier molecular flexibility index (Phi) is 3.83. The average Bonchev–Trinajstić information content (AvgIpc) is 2.32. The fourth-order valence-electron chi connectivity index (χ4n) is 2.34. The lowest BCUT2D eigenvalue weighted by Crippen LogP contribution is -2.36. The molecule has 0 saturated heterocycles. The lowest BCUT2D eigenvalue weighted by Gasteiger charge is -2.32. The lowest BCUT2D eigenvalue weighted by atomic mass is 9.82. The maximum atomic E-state index is 13.9. The molecule has 18 heavy (non-hydrogen) atoms. The average molecular weight is 258 g/mol. The van der Waals surface area contributed by atoms with Crippen molar-refractivity contribution in [3.63, 3.8) is 0 Å². The van der Waals surface area contributed by atoms with Crippen LogP contribution >= 0.6 is 0 Å². The van der Waals surface area contributed by atoms with E-state index in [1.165, 1.54) is 12.1 Å². The highest BCUT2D eigenvalue weighted by molar-refractivity contribution is 5.22. The van der Waals surface area contributed by atoms with Gasteiger partial charge < -0.3 is 4.74 Å². The van der Waals surface area contributed by atoms with E-state index < -0.39 is 17.8 Å². The van der Waals surface area contributed by atoms with Crippen molar-refractivity contribution in [3.8, 4) is 5.75 Å². The first kappa shape index (κ1) is 13.2. The highest BCUT2D eigenvalue weighted by Gasteiger charge is 2.43. The van der Waals surface area contributed by atoms with Crippen molar-refractivity contribution in [2.75, 3.05) is 0 Å². The number of benzene rings is 1. The zero-order chi connectivity index (χ0) is 13.2. The number of hydrogen-bond acceptors (Lipinski definition) is 1. The molecule has 0 bridgehead atoms. The van der Waals surface area contributed by atoms with Gasteiger partial charge in [-0.3, -0.25) is 0 Å². The molecule has 100 valence electrons. The summed E-state index contributed by atoms with van der Waals surface area (Å²) in [6.45, 7) is 2.08. The Labute approximate surface area is 105 Å². The van der Waals surface area contributed by atoms with E-state index in [0.29, 0.717) is 18.8 Å². The topological polar surface area (TPSA) is 9.23 Å². The van der Waals surface area contributed by atoms with Gasteiger partial charge in [-0.05, 0) is 43.0 Å². The Morgan fingerprint density at radius 3 is 2.17 bits per heavy atom. The van der Waals surface area contributed by atoms with E-state index in [1.54, 1.807) is 0 Å². The monoisotopic (exact) mass is 258 g/mol. The van der Waals surface area contributed by atoms with Crippen LogP contribution in [0.3, 0.4) is 0 Å². The summed E-state index contributed by atoms with van der Waals surface area (Å²) in [5.74, 6) is -0.668. The Morgan fingerprint density at radius 2 is 1.61 bits per heavy atom. The zero-order valence-corrected chi connectivity index (χ0v) is 10.3. The number of alkyl halides is 2. The summed E-state index contributed by atoms with van der Waals surface area (Å²) in [4.78, 5) is 0. The van der Waals surface area contributed by atoms with E-state index >= 15 is 0 Å². The van der Waals surface area contributed by atoms with Gasteiger partial charge in [0.15, 0.2) is 0 Å². The zero-order valence-electron chi connectivity index (χ0n) is 10.3. The Bertz CT molecular complexity index is 381. The van der Waals surface area contributed by atoms with Crippen molar-refractivity contribution in [1.82, 2.24) is 0 Å². The molecular weight excluding hydrogens is 241 g/mol. The first-order valence-electron chi connectivity index (χ1n) is 6.30. The number of ether oxygens (including phenoxy) is 1. The normalized spacial score (nSPS) is 24.9. The van der Waals surface area contributed by atoms with Crippen LogP contribution in [0.1, 0.15) is 32.6 Å². The van der Waals surface area contributed by atoms with Crippen molar-refractivity contribution in [3.05, 3.63) is 30.1 Å². The third-order valence-corrected chi connectivity index (χ3v) is 3.56. The first-order valence-corrected chi connectivity index (χ1v) is 6.30. The molecule has 4 heteroatoms. The van der Waals surface area contributed by atoms with Crippen molar-refractivity contribution < 1.29 is 17.9 Å². The second-order valence-corrected chi connectivity index (χ2v) is 5.07. The van der Waals surface area contributed by atoms with Crippen molar-refractivity contribution in [2.24, 2.45) is 11.8 Å². The van der Waals surface area contributed by atoms with Crippen LogP contribution in [0.5, 0.6) is 5.75 Å². The molecule has 1 aromatic carbocycles. The van der Waals surface area contributed by atoms with E-state index in [9.17, 15) is 13.2 Å². The molecule has 1 aliphatic carbocycles. The molecule has 0 unspecified atom stereocenters. The van der Waals surface area contributed by atoms with Crippen molar-refractivity contribution in [2.45, 2.75) is 38.7 Å². The molecule has 0 aromatic heterocycles. The van der Waals surface area contributed by atoms with Crippen LogP contribution in [-0.4, -0.2) is 6.11 Å². The fraction of sp³-hybridized carbons (Fsp3) is 0.571. The van der Waals surface area contributed by atoms with E-state index in [4.69, 9.17) is 4.74 Å². The van der Waals surface area contributed by atoms with Gasteiger partial charge in [-0.1, -0.05) is 19.8 Å². The van der Waals surface area contributed by atoms with Crippen LogP contribution in [-0.2, 0) is 0 Å². The summed E-state index contributed by atoms with van der Waals surface area (Å²) in [5.41, 5.74) is 0. The Hall–Kier alpha value is -1.19. The van der Waals surface area contributed by atoms with Crippen LogP contribution in [0.25, 0.3) is 0 Å². The Balaban J connectivity index is 2.00. The number of halogens is 3. The maximum absolute atomic E-state index is 13.9. The summed E-state index contributed by atoms with van der Waals surface area (Å²) in [6, 6.07) is 4.70. The van der Waals surface area contributed by atoms with E-state index in [2.05, 4.69) is 6.92 Å². The third-order valence-electron chi connectivity index (χ3n) is 3.56. The maximum Gasteiger partial charge on any atom is 0.400 e. The van der Waals surface area contributed by atoms with Gasteiger partial charge in [-0.15, -0.1) is 0 Å². The van der Waals surface area contributed by atoms with Gasteiger partial charge in [-0.25, -0.2) is 4.39 Å². The van der Waals surface area contributed by atoms with Gasteiger partial charge in [0.05, 0.1) is 5.92 Å². The summed E-state index contributed by atoms with van der Waals surface area (Å²) < 4.78 is 45.2. The molecule has 0 N–H and O–H groups in total. The predicted octanol–water partition coefficient (Wildman–Crippen LogP) is 4.62. The first-order chi connectivity index (χ1) is 8.47. The molecule has 0 atom stereocenters. The molecule has 0 heterocycles. The minimum atomic E-state index is -3.17. The standard InChI is InChI=1S/C14H17F3O/c1-10-2-4-11(5-3-10)14(16,17)18-13-8-6-12(15)7-9-13/h6-11H,2-5H2,1H3. The van der Waals surface area contributed by atoms with E-state index in [1.807, 2.05) is 0 Å². The van der Waals surface area contributed by atoms with Gasteiger partial charge in [0.2, 0.25) is 0 Å². The van der Waals surface area contributed by atoms with Crippen LogP contribution in [0, 0.1) is 17.7 Å². The molecular formula is C14H17F3O. The van der Waals surface area contributed by atoms with Crippen LogP contribution in [0.15, 0.2) is 24.3 Å². The minimum absolute atomic E-state index is 0.0139. The molecule has 2 rings (SSSR count). The molecule has 1 nitrogen and oxygen atoms in total. The van der Waals surface area contributed by atoms with E-state index in [-0.39, 0.29) is 5.75 Å². The highest BCUT2D eigenvalue weighted by atomic mass is 19.3. The smallest absolute Gasteiger partial charge is 0.400 e. The molecule has 1 aliphatic rings. The summed E-state index contributed by atoms with van der Waals surface area (Å²) in [5, 5.41) is 0. The number of hydrogen-bond donors (Lipinski definition) is 0. The van der Waals surface area contributed by atoms with Crippen LogP contribution < -0.4 is 4.74 Å². The highest BCUT2D eigenvalue weighted by Crippen LogP contribution is 2.39. The molecule has 0 radical (unpaired) electrons. The SMILES string of the molecule is CC1CCC(C(F)(F)Oc2ccc(F)cc2)CC1. The van der Waals surface area contributed by atoms with Crippen LogP contribution in [0.4, 0.5) is 13.2 Å². The minimum Gasteiger partial charge on any atom is -0.432 e. The fourth-order valence-corrected chi connectivity index (χ4v) is 2.34. The quantitative estimate of drug-likeness (QED) is 0.768. The molecule has 0 aliphatic heterocycles. The van der Waals surface area contributed by atoms with Gasteiger partial charge >= 0.3 is 6.11 Å². The Morgan fingerprint density at radius 1 is 1.06 bits per heavy atom. The molecule has 0 spiro atoms. The molecule has 0 amide bonds. The summed E-state index contributed by atoms with van der Waals surface area (Å²) in [6.07, 6.45) is -0.581. The predicted molar refractivity (Wildman–Crippen MR) is 63.1 cm³/mol.